The Morgan fingerprint density at radius 3 is 2.29 bits per heavy atom. The molecular formula is C12H27NO. The fourth-order valence-electron chi connectivity index (χ4n) is 2.06. The molecule has 1 aliphatic carbocycles. The summed E-state index contributed by atoms with van der Waals surface area (Å²) in [6, 6.07) is 0.808. The Hall–Kier alpha value is -0.0800. The minimum Gasteiger partial charge on any atom is -0.397 e. The summed E-state index contributed by atoms with van der Waals surface area (Å²) in [4.78, 5) is 0. The lowest BCUT2D eigenvalue weighted by Gasteiger charge is -2.21. The maximum atomic E-state index is 7.57. The van der Waals surface area contributed by atoms with Crippen molar-refractivity contribution in [2.45, 2.75) is 58.9 Å². The molecule has 2 nitrogen and oxygen atoms in total. The molecule has 2 atom stereocenters. The van der Waals surface area contributed by atoms with E-state index in [1.54, 1.807) is 6.92 Å². The molecule has 0 saturated heterocycles. The van der Waals surface area contributed by atoms with Gasteiger partial charge in [0.15, 0.2) is 0 Å². The summed E-state index contributed by atoms with van der Waals surface area (Å²) >= 11 is 0. The van der Waals surface area contributed by atoms with Gasteiger partial charge in [0.25, 0.3) is 0 Å². The highest BCUT2D eigenvalue weighted by Crippen LogP contribution is 2.22. The fourth-order valence-corrected chi connectivity index (χ4v) is 2.06. The van der Waals surface area contributed by atoms with Crippen LogP contribution >= 0.6 is 0 Å². The van der Waals surface area contributed by atoms with E-state index in [9.17, 15) is 0 Å². The van der Waals surface area contributed by atoms with Crippen LogP contribution in [0.2, 0.25) is 0 Å². The van der Waals surface area contributed by atoms with Crippen LogP contribution in [0, 0.1) is 5.92 Å². The summed E-state index contributed by atoms with van der Waals surface area (Å²) in [6.07, 6.45) is 7.16. The van der Waals surface area contributed by atoms with Crippen LogP contribution < -0.4 is 5.32 Å². The van der Waals surface area contributed by atoms with Gasteiger partial charge in [-0.3, -0.25) is 0 Å². The predicted molar refractivity (Wildman–Crippen MR) is 62.5 cm³/mol. The third-order valence-electron chi connectivity index (χ3n) is 2.83. The summed E-state index contributed by atoms with van der Waals surface area (Å²) in [5, 5.41) is 11.1. The second-order valence-electron chi connectivity index (χ2n) is 4.10. The van der Waals surface area contributed by atoms with E-state index in [-0.39, 0.29) is 6.61 Å². The van der Waals surface area contributed by atoms with Gasteiger partial charge in [0, 0.05) is 12.6 Å². The molecule has 0 aliphatic heterocycles. The van der Waals surface area contributed by atoms with Crippen molar-refractivity contribution in [1.82, 2.24) is 5.32 Å². The van der Waals surface area contributed by atoms with E-state index < -0.39 is 0 Å². The lowest BCUT2D eigenvalue weighted by molar-refractivity contribution is 0.318. The number of rotatable bonds is 2. The Balaban J connectivity index is 0.000000500. The molecule has 2 heteroatoms. The molecule has 14 heavy (non-hydrogen) atoms. The standard InChI is InChI=1S/C10H21N.C2H6O/c1-3-11-10-8-6-4-5-7-9(10)2;1-2-3/h9-11H,3-8H2,1-2H3;3H,2H2,1H3. The minimum atomic E-state index is 0.250. The molecular weight excluding hydrogens is 174 g/mol. The summed E-state index contributed by atoms with van der Waals surface area (Å²) < 4.78 is 0. The Bertz CT molecular complexity index is 117. The van der Waals surface area contributed by atoms with Gasteiger partial charge in [-0.25, -0.2) is 0 Å². The first-order valence-electron chi connectivity index (χ1n) is 6.10. The summed E-state index contributed by atoms with van der Waals surface area (Å²) in [7, 11) is 0. The average Bonchev–Trinajstić information content (AvgIpc) is 2.34. The second-order valence-corrected chi connectivity index (χ2v) is 4.10. The quantitative estimate of drug-likeness (QED) is 0.673. The van der Waals surface area contributed by atoms with Crippen LogP contribution in [0.25, 0.3) is 0 Å². The van der Waals surface area contributed by atoms with Crippen LogP contribution in [0.4, 0.5) is 0 Å². The monoisotopic (exact) mass is 201 g/mol. The smallest absolute Gasteiger partial charge is 0.0402 e. The minimum absolute atomic E-state index is 0.250. The molecule has 0 bridgehead atoms. The van der Waals surface area contributed by atoms with Gasteiger partial charge in [-0.2, -0.15) is 0 Å². The normalized spacial score (nSPS) is 27.4. The Morgan fingerprint density at radius 2 is 1.71 bits per heavy atom. The van der Waals surface area contributed by atoms with Gasteiger partial charge < -0.3 is 10.4 Å². The topological polar surface area (TPSA) is 32.3 Å². The average molecular weight is 201 g/mol. The van der Waals surface area contributed by atoms with Gasteiger partial charge >= 0.3 is 0 Å². The molecule has 1 fully saturated rings. The number of hydrogen-bond acceptors (Lipinski definition) is 2. The zero-order chi connectivity index (χ0) is 10.8. The summed E-state index contributed by atoms with van der Waals surface area (Å²) in [5.74, 6) is 0.900. The Kier molecular flexibility index (Phi) is 9.42. The van der Waals surface area contributed by atoms with Crippen LogP contribution in [0.1, 0.15) is 52.9 Å². The highest BCUT2D eigenvalue weighted by Gasteiger charge is 2.17. The van der Waals surface area contributed by atoms with Crippen molar-refractivity contribution < 1.29 is 5.11 Å². The fraction of sp³-hybridized carbons (Fsp3) is 1.00. The van der Waals surface area contributed by atoms with Crippen molar-refractivity contribution in [3.8, 4) is 0 Å². The van der Waals surface area contributed by atoms with E-state index in [4.69, 9.17) is 5.11 Å². The largest absolute Gasteiger partial charge is 0.397 e. The van der Waals surface area contributed by atoms with Crippen LogP contribution in [-0.4, -0.2) is 24.3 Å². The molecule has 2 N–H and O–H groups in total. The first-order chi connectivity index (χ1) is 6.76. The predicted octanol–water partition coefficient (Wildman–Crippen LogP) is 2.56. The van der Waals surface area contributed by atoms with Gasteiger partial charge in [0.1, 0.15) is 0 Å². The molecule has 1 aliphatic rings. The molecule has 0 heterocycles. The number of aliphatic hydroxyl groups excluding tert-OH is 1. The summed E-state index contributed by atoms with van der Waals surface area (Å²) in [5.41, 5.74) is 0. The molecule has 86 valence electrons. The molecule has 1 saturated carbocycles. The van der Waals surface area contributed by atoms with Crippen LogP contribution in [-0.2, 0) is 0 Å². The van der Waals surface area contributed by atoms with Crippen molar-refractivity contribution in [2.24, 2.45) is 5.92 Å². The van der Waals surface area contributed by atoms with Crippen molar-refractivity contribution in [3.63, 3.8) is 0 Å². The molecule has 2 unspecified atom stereocenters. The van der Waals surface area contributed by atoms with Crippen molar-refractivity contribution in [2.75, 3.05) is 13.2 Å². The summed E-state index contributed by atoms with van der Waals surface area (Å²) in [6.45, 7) is 7.66. The van der Waals surface area contributed by atoms with Crippen molar-refractivity contribution in [1.29, 1.82) is 0 Å². The lowest BCUT2D eigenvalue weighted by Crippen LogP contribution is -2.33. The first kappa shape index (κ1) is 13.9. The maximum Gasteiger partial charge on any atom is 0.0402 e. The van der Waals surface area contributed by atoms with Gasteiger partial charge in [0.2, 0.25) is 0 Å². The van der Waals surface area contributed by atoms with E-state index in [2.05, 4.69) is 19.2 Å². The van der Waals surface area contributed by atoms with Gasteiger partial charge in [-0.05, 0) is 32.2 Å². The SMILES string of the molecule is CCNC1CCCCCC1C.CCO. The third-order valence-corrected chi connectivity index (χ3v) is 2.83. The van der Waals surface area contributed by atoms with Crippen LogP contribution in [0.3, 0.4) is 0 Å². The van der Waals surface area contributed by atoms with Crippen LogP contribution in [0.5, 0.6) is 0 Å². The van der Waals surface area contributed by atoms with Gasteiger partial charge in [0.05, 0.1) is 0 Å². The Labute approximate surface area is 89.1 Å². The highest BCUT2D eigenvalue weighted by atomic mass is 16.2. The van der Waals surface area contributed by atoms with E-state index >= 15 is 0 Å². The molecule has 0 spiro atoms. The number of hydrogen-bond donors (Lipinski definition) is 2. The first-order valence-corrected chi connectivity index (χ1v) is 6.10. The zero-order valence-corrected chi connectivity index (χ0v) is 10.1. The molecule has 0 aromatic rings. The zero-order valence-electron chi connectivity index (χ0n) is 10.1. The molecule has 0 aromatic carbocycles. The van der Waals surface area contributed by atoms with Crippen molar-refractivity contribution >= 4 is 0 Å². The second kappa shape index (κ2) is 9.47. The number of aliphatic hydroxyl groups is 1. The maximum absolute atomic E-state index is 7.57. The molecule has 0 radical (unpaired) electrons. The molecule has 0 aromatic heterocycles. The van der Waals surface area contributed by atoms with Gasteiger partial charge in [-0.1, -0.05) is 33.1 Å². The molecule has 1 rings (SSSR count). The highest BCUT2D eigenvalue weighted by molar-refractivity contribution is 4.75. The van der Waals surface area contributed by atoms with E-state index in [1.165, 1.54) is 32.1 Å². The van der Waals surface area contributed by atoms with E-state index in [0.29, 0.717) is 0 Å². The lowest BCUT2D eigenvalue weighted by atomic mass is 9.97. The van der Waals surface area contributed by atoms with E-state index in [0.717, 1.165) is 18.5 Å². The van der Waals surface area contributed by atoms with Crippen LogP contribution in [0.15, 0.2) is 0 Å². The number of nitrogens with one attached hydrogen (secondary N) is 1. The Morgan fingerprint density at radius 1 is 1.14 bits per heavy atom. The molecule has 0 amide bonds. The van der Waals surface area contributed by atoms with Gasteiger partial charge in [-0.15, -0.1) is 0 Å². The van der Waals surface area contributed by atoms with E-state index in [1.807, 2.05) is 0 Å². The third kappa shape index (κ3) is 6.39. The van der Waals surface area contributed by atoms with Crippen molar-refractivity contribution in [3.05, 3.63) is 0 Å².